The van der Waals surface area contributed by atoms with E-state index in [1.807, 2.05) is 0 Å². The van der Waals surface area contributed by atoms with Gasteiger partial charge in [-0.05, 0) is 24.6 Å². The molecule has 0 spiro atoms. The lowest BCUT2D eigenvalue weighted by Gasteiger charge is -2.30. The average Bonchev–Trinajstić information content (AvgIpc) is 2.37. The molecule has 19 heavy (non-hydrogen) atoms. The molecule has 1 aliphatic heterocycles. The molecule has 6 heteroatoms. The van der Waals surface area contributed by atoms with Crippen molar-refractivity contribution >= 4 is 24.4 Å². The Balaban J connectivity index is 2.01. The van der Waals surface area contributed by atoms with Crippen molar-refractivity contribution in [1.82, 2.24) is 10.2 Å². The first-order chi connectivity index (χ1) is 8.97. The summed E-state index contributed by atoms with van der Waals surface area (Å²) in [4.78, 5) is 25.1. The number of thiol groups is 1. The number of likely N-dealkylation sites (tertiary alicyclic amines) is 1. The van der Waals surface area contributed by atoms with E-state index in [9.17, 15) is 14.0 Å². The molecule has 1 unspecified atom stereocenters. The number of rotatable bonds is 2. The molecule has 1 aliphatic rings. The van der Waals surface area contributed by atoms with Crippen LogP contribution < -0.4 is 5.32 Å². The Bertz CT molecular complexity index is 521. The molecule has 0 saturated carbocycles. The highest BCUT2D eigenvalue weighted by molar-refractivity contribution is 7.80. The zero-order valence-electron chi connectivity index (χ0n) is 10.5. The number of nitrogens with zero attached hydrogens (tertiary/aromatic N) is 1. The minimum atomic E-state index is -0.456. The van der Waals surface area contributed by atoms with Crippen LogP contribution in [0.2, 0.25) is 0 Å². The smallest absolute Gasteiger partial charge is 0.251 e. The molecule has 1 N–H and O–H groups in total. The maximum atomic E-state index is 13.1. The van der Waals surface area contributed by atoms with Crippen LogP contribution in [-0.4, -0.2) is 36.3 Å². The highest BCUT2D eigenvalue weighted by Gasteiger charge is 2.24. The lowest BCUT2D eigenvalue weighted by atomic mass is 10.1. The molecule has 1 aromatic carbocycles. The Hall–Kier alpha value is -1.56. The van der Waals surface area contributed by atoms with E-state index in [2.05, 4.69) is 17.9 Å². The van der Waals surface area contributed by atoms with Crippen molar-refractivity contribution in [2.75, 3.05) is 13.6 Å². The average molecular weight is 282 g/mol. The van der Waals surface area contributed by atoms with Crippen LogP contribution in [0.5, 0.6) is 0 Å². The fourth-order valence-corrected chi connectivity index (χ4v) is 2.27. The van der Waals surface area contributed by atoms with Crippen LogP contribution in [0.15, 0.2) is 23.1 Å². The molecule has 1 aromatic rings. The molecule has 1 saturated heterocycles. The zero-order chi connectivity index (χ0) is 14.0. The SMILES string of the molecule is CN1CC(NC(=O)c2ccc(F)c(S)c2)CCC1=O. The molecule has 2 rings (SSSR count). The monoisotopic (exact) mass is 282 g/mol. The highest BCUT2D eigenvalue weighted by atomic mass is 32.1. The summed E-state index contributed by atoms with van der Waals surface area (Å²) < 4.78 is 13.1. The maximum Gasteiger partial charge on any atom is 0.251 e. The van der Waals surface area contributed by atoms with Crippen molar-refractivity contribution < 1.29 is 14.0 Å². The van der Waals surface area contributed by atoms with E-state index in [0.29, 0.717) is 24.9 Å². The number of benzene rings is 1. The molecule has 102 valence electrons. The fraction of sp³-hybridized carbons (Fsp3) is 0.385. The maximum absolute atomic E-state index is 13.1. The van der Waals surface area contributed by atoms with Crippen LogP contribution in [0.1, 0.15) is 23.2 Å². The van der Waals surface area contributed by atoms with E-state index in [1.54, 1.807) is 11.9 Å². The number of hydrogen-bond donors (Lipinski definition) is 2. The molecule has 1 fully saturated rings. The molecule has 0 radical (unpaired) electrons. The Kier molecular flexibility index (Phi) is 4.09. The number of hydrogen-bond acceptors (Lipinski definition) is 3. The first kappa shape index (κ1) is 13.9. The number of likely N-dealkylation sites (N-methyl/N-ethyl adjacent to an activating group) is 1. The first-order valence-corrected chi connectivity index (χ1v) is 6.45. The van der Waals surface area contributed by atoms with Crippen molar-refractivity contribution in [2.45, 2.75) is 23.8 Å². The molecule has 0 bridgehead atoms. The normalized spacial score (nSPS) is 19.4. The summed E-state index contributed by atoms with van der Waals surface area (Å²) >= 11 is 3.95. The van der Waals surface area contributed by atoms with E-state index in [0.717, 1.165) is 0 Å². The molecule has 0 aromatic heterocycles. The van der Waals surface area contributed by atoms with Crippen LogP contribution in [0, 0.1) is 5.82 Å². The van der Waals surface area contributed by atoms with Crippen LogP contribution in [0.25, 0.3) is 0 Å². The van der Waals surface area contributed by atoms with Gasteiger partial charge >= 0.3 is 0 Å². The molecule has 1 atom stereocenters. The van der Waals surface area contributed by atoms with E-state index < -0.39 is 5.82 Å². The van der Waals surface area contributed by atoms with Crippen molar-refractivity contribution in [2.24, 2.45) is 0 Å². The van der Waals surface area contributed by atoms with Crippen molar-refractivity contribution in [3.8, 4) is 0 Å². The van der Waals surface area contributed by atoms with Gasteiger partial charge in [-0.1, -0.05) is 0 Å². The standard InChI is InChI=1S/C13H15FN2O2S/c1-16-7-9(3-5-12(16)17)15-13(18)8-2-4-10(14)11(19)6-8/h2,4,6,9,19H,3,5,7H2,1H3,(H,15,18). The van der Waals surface area contributed by atoms with E-state index in [1.165, 1.54) is 18.2 Å². The number of piperidine rings is 1. The van der Waals surface area contributed by atoms with Gasteiger partial charge in [0.1, 0.15) is 5.82 Å². The van der Waals surface area contributed by atoms with Gasteiger partial charge in [0.05, 0.1) is 0 Å². The summed E-state index contributed by atoms with van der Waals surface area (Å²) in [5.41, 5.74) is 0.367. The third-order valence-electron chi connectivity index (χ3n) is 3.17. The summed E-state index contributed by atoms with van der Waals surface area (Å²) in [6, 6.07) is 3.96. The fourth-order valence-electron chi connectivity index (χ4n) is 2.05. The second-order valence-corrected chi connectivity index (χ2v) is 5.13. The molecule has 2 amide bonds. The van der Waals surface area contributed by atoms with Crippen molar-refractivity contribution in [1.29, 1.82) is 0 Å². The largest absolute Gasteiger partial charge is 0.348 e. The van der Waals surface area contributed by atoms with E-state index in [4.69, 9.17) is 0 Å². The van der Waals surface area contributed by atoms with Gasteiger partial charge in [0.15, 0.2) is 0 Å². The van der Waals surface area contributed by atoms with E-state index in [-0.39, 0.29) is 22.8 Å². The molecular formula is C13H15FN2O2S. The predicted octanol–water partition coefficient (Wildman–Crippen LogP) is 1.46. The Morgan fingerprint density at radius 2 is 2.26 bits per heavy atom. The predicted molar refractivity (Wildman–Crippen MR) is 71.8 cm³/mol. The molecule has 0 aliphatic carbocycles. The third-order valence-corrected chi connectivity index (χ3v) is 3.51. The van der Waals surface area contributed by atoms with Gasteiger partial charge < -0.3 is 10.2 Å². The Labute approximate surface area is 116 Å². The van der Waals surface area contributed by atoms with Crippen molar-refractivity contribution in [3.05, 3.63) is 29.6 Å². The van der Waals surface area contributed by atoms with Crippen LogP contribution in [0.4, 0.5) is 4.39 Å². The van der Waals surface area contributed by atoms with Gasteiger partial charge in [-0.3, -0.25) is 9.59 Å². The van der Waals surface area contributed by atoms with Gasteiger partial charge in [-0.25, -0.2) is 4.39 Å². The second kappa shape index (κ2) is 5.61. The molecule has 1 heterocycles. The van der Waals surface area contributed by atoms with Crippen molar-refractivity contribution in [3.63, 3.8) is 0 Å². The minimum Gasteiger partial charge on any atom is -0.348 e. The van der Waals surface area contributed by atoms with Crippen LogP contribution >= 0.6 is 12.6 Å². The second-order valence-electron chi connectivity index (χ2n) is 4.65. The van der Waals surface area contributed by atoms with Gasteiger partial charge in [0.25, 0.3) is 5.91 Å². The van der Waals surface area contributed by atoms with E-state index >= 15 is 0 Å². The Morgan fingerprint density at radius 1 is 1.53 bits per heavy atom. The summed E-state index contributed by atoms with van der Waals surface area (Å²) in [5.74, 6) is -0.643. The van der Waals surface area contributed by atoms with Crippen LogP contribution in [-0.2, 0) is 4.79 Å². The molecule has 4 nitrogen and oxygen atoms in total. The summed E-state index contributed by atoms with van der Waals surface area (Å²) in [6.45, 7) is 0.500. The minimum absolute atomic E-state index is 0.0661. The third kappa shape index (κ3) is 3.26. The van der Waals surface area contributed by atoms with Gasteiger partial charge in [0, 0.05) is 36.5 Å². The number of nitrogens with one attached hydrogen (secondary N) is 1. The summed E-state index contributed by atoms with van der Waals surface area (Å²) in [5, 5.41) is 2.84. The van der Waals surface area contributed by atoms with Gasteiger partial charge in [-0.2, -0.15) is 0 Å². The topological polar surface area (TPSA) is 49.4 Å². The number of carbonyl (C=O) groups is 2. The Morgan fingerprint density at radius 3 is 2.89 bits per heavy atom. The summed E-state index contributed by atoms with van der Waals surface area (Å²) in [7, 11) is 1.71. The van der Waals surface area contributed by atoms with Crippen LogP contribution in [0.3, 0.4) is 0 Å². The quantitative estimate of drug-likeness (QED) is 0.807. The van der Waals surface area contributed by atoms with Gasteiger partial charge in [-0.15, -0.1) is 12.6 Å². The molecular weight excluding hydrogens is 267 g/mol. The zero-order valence-corrected chi connectivity index (χ0v) is 11.4. The number of halogens is 1. The van der Waals surface area contributed by atoms with Gasteiger partial charge in [0.2, 0.25) is 5.91 Å². The number of amides is 2. The first-order valence-electron chi connectivity index (χ1n) is 6.00. The number of carbonyl (C=O) groups excluding carboxylic acids is 2. The lowest BCUT2D eigenvalue weighted by molar-refractivity contribution is -0.132. The lowest BCUT2D eigenvalue weighted by Crippen LogP contribution is -2.48. The summed E-state index contributed by atoms with van der Waals surface area (Å²) in [6.07, 6.45) is 1.06. The highest BCUT2D eigenvalue weighted by Crippen LogP contribution is 2.15.